The number of piperidine rings is 2. The molecule has 1 aromatic carbocycles. The van der Waals surface area contributed by atoms with E-state index in [-0.39, 0.29) is 18.2 Å². The van der Waals surface area contributed by atoms with Gasteiger partial charge in [-0.2, -0.15) is 0 Å². The van der Waals surface area contributed by atoms with Gasteiger partial charge in [-0.1, -0.05) is 0 Å². The van der Waals surface area contributed by atoms with E-state index in [0.717, 1.165) is 42.4 Å². The number of anilines is 3. The molecule has 2 atom stereocenters. The number of nitrogens with zero attached hydrogens (tertiary/aromatic N) is 3. The van der Waals surface area contributed by atoms with Crippen LogP contribution in [-0.2, 0) is 0 Å². The largest absolute Gasteiger partial charge is 0.459 e. The summed E-state index contributed by atoms with van der Waals surface area (Å²) in [6, 6.07) is 9.25. The maximum atomic E-state index is 13.4. The summed E-state index contributed by atoms with van der Waals surface area (Å²) in [6.07, 6.45) is 6.26. The molecule has 4 aliphatic rings. The zero-order valence-corrected chi connectivity index (χ0v) is 21.7. The number of fused-ring (bicyclic) bond motifs is 1. The number of benzene rings is 1. The molecule has 1 amide bonds. The third-order valence-electron chi connectivity index (χ3n) is 8.30. The van der Waals surface area contributed by atoms with Crippen molar-refractivity contribution in [1.82, 2.24) is 9.71 Å². The minimum Gasteiger partial charge on any atom is -0.459 e. The van der Waals surface area contributed by atoms with Crippen molar-refractivity contribution in [2.75, 3.05) is 61.3 Å². The molecule has 2 saturated heterocycles. The van der Waals surface area contributed by atoms with Crippen LogP contribution in [0, 0.1) is 17.3 Å². The van der Waals surface area contributed by atoms with E-state index < -0.39 is 6.86 Å². The fourth-order valence-electron chi connectivity index (χ4n) is 5.74. The predicted molar refractivity (Wildman–Crippen MR) is 143 cm³/mol. The molecule has 1 spiro atoms. The summed E-state index contributed by atoms with van der Waals surface area (Å²) in [7, 11) is 0. The molecule has 2 unspecified atom stereocenters. The van der Waals surface area contributed by atoms with Crippen LogP contribution in [0.25, 0.3) is 0 Å². The second kappa shape index (κ2) is 10.3. The van der Waals surface area contributed by atoms with Crippen molar-refractivity contribution in [3.63, 3.8) is 0 Å². The lowest BCUT2D eigenvalue weighted by atomic mass is 9.93. The van der Waals surface area contributed by atoms with Crippen LogP contribution in [0.4, 0.5) is 21.6 Å². The number of aromatic nitrogens is 1. The van der Waals surface area contributed by atoms with Gasteiger partial charge in [0.05, 0.1) is 18.0 Å². The van der Waals surface area contributed by atoms with Crippen LogP contribution < -0.4 is 24.6 Å². The van der Waals surface area contributed by atoms with E-state index in [4.69, 9.17) is 9.84 Å². The smallest absolute Gasteiger partial charge is 0.274 e. The zero-order valence-electron chi connectivity index (χ0n) is 20.9. The van der Waals surface area contributed by atoms with Gasteiger partial charge in [0.25, 0.3) is 5.91 Å². The van der Waals surface area contributed by atoms with Gasteiger partial charge in [0.15, 0.2) is 11.6 Å². The molecule has 0 bridgehead atoms. The average molecular weight is 528 g/mol. The van der Waals surface area contributed by atoms with Gasteiger partial charge in [0.2, 0.25) is 6.86 Å². The lowest BCUT2D eigenvalue weighted by Crippen LogP contribution is -2.35. The molecule has 1 aromatic heterocycles. The van der Waals surface area contributed by atoms with Crippen LogP contribution in [-0.4, -0.2) is 62.2 Å². The number of hydrogen-bond donors (Lipinski definition) is 3. The van der Waals surface area contributed by atoms with Gasteiger partial charge >= 0.3 is 0 Å². The van der Waals surface area contributed by atoms with E-state index in [1.54, 1.807) is 12.1 Å². The molecular formula is C27H34FN5O3S. The van der Waals surface area contributed by atoms with Crippen molar-refractivity contribution in [3.05, 3.63) is 36.0 Å². The first-order valence-corrected chi connectivity index (χ1v) is 14.0. The van der Waals surface area contributed by atoms with Crippen LogP contribution in [0.1, 0.15) is 42.6 Å². The minimum absolute atomic E-state index is 0.0745. The molecule has 37 heavy (non-hydrogen) atoms. The number of ether oxygens (including phenoxy) is 1. The summed E-state index contributed by atoms with van der Waals surface area (Å²) in [4.78, 5) is 23.5. The van der Waals surface area contributed by atoms with Crippen molar-refractivity contribution in [2.45, 2.75) is 37.0 Å². The quantitative estimate of drug-likeness (QED) is 0.315. The number of hydrogen-bond acceptors (Lipinski definition) is 8. The summed E-state index contributed by atoms with van der Waals surface area (Å²) in [5, 5.41) is 12.2. The summed E-state index contributed by atoms with van der Waals surface area (Å²) in [6.45, 7) is 3.32. The van der Waals surface area contributed by atoms with Crippen LogP contribution in [0.2, 0.25) is 0 Å². The molecule has 8 nitrogen and oxygen atoms in total. The van der Waals surface area contributed by atoms with Crippen LogP contribution >= 0.6 is 11.9 Å². The highest BCUT2D eigenvalue weighted by atomic mass is 32.2. The van der Waals surface area contributed by atoms with E-state index in [9.17, 15) is 9.18 Å². The van der Waals surface area contributed by atoms with E-state index in [1.165, 1.54) is 44.1 Å². The first-order chi connectivity index (χ1) is 18.1. The monoisotopic (exact) mass is 527 g/mol. The Balaban J connectivity index is 1.23. The van der Waals surface area contributed by atoms with Gasteiger partial charge in [-0.25, -0.2) is 9.37 Å². The standard InChI is InChI=1S/C27H34FN5O3S/c28-17-36-24-4-3-22(30-25(24)33-15-18-13-19(18)16-33)26(35)31-21-2-1-20(37-29-9-12-34)14-23(21)32-10-7-27(5-6-27)8-11-32/h1-4,14,18-19,29,34H,5-13,15-17H2,(H,31,35). The maximum Gasteiger partial charge on any atom is 0.274 e. The fraction of sp³-hybridized carbons (Fsp3) is 0.556. The molecule has 0 radical (unpaired) electrons. The second-order valence-electron chi connectivity index (χ2n) is 10.8. The highest BCUT2D eigenvalue weighted by Crippen LogP contribution is 2.54. The molecule has 2 aliphatic carbocycles. The normalized spacial score (nSPS) is 23.2. The number of aliphatic hydroxyl groups is 1. The van der Waals surface area contributed by atoms with Crippen molar-refractivity contribution in [2.24, 2.45) is 17.3 Å². The molecule has 2 aliphatic heterocycles. The van der Waals surface area contributed by atoms with Gasteiger partial charge in [-0.15, -0.1) is 0 Å². The molecular weight excluding hydrogens is 493 g/mol. The topological polar surface area (TPSA) is 90.0 Å². The Kier molecular flexibility index (Phi) is 6.89. The molecule has 2 saturated carbocycles. The number of halogens is 1. The lowest BCUT2D eigenvalue weighted by molar-refractivity contribution is 0.102. The van der Waals surface area contributed by atoms with E-state index >= 15 is 0 Å². The third-order valence-corrected chi connectivity index (χ3v) is 9.14. The molecule has 10 heteroatoms. The Morgan fingerprint density at radius 3 is 2.62 bits per heavy atom. The Hall–Kier alpha value is -2.56. The number of rotatable bonds is 10. The highest BCUT2D eigenvalue weighted by molar-refractivity contribution is 7.97. The summed E-state index contributed by atoms with van der Waals surface area (Å²) in [5.74, 6) is 1.96. The van der Waals surface area contributed by atoms with Crippen LogP contribution in [0.5, 0.6) is 5.75 Å². The predicted octanol–water partition coefficient (Wildman–Crippen LogP) is 4.07. The number of alkyl halides is 1. The first-order valence-electron chi connectivity index (χ1n) is 13.2. The average Bonchev–Trinajstić information content (AvgIpc) is 3.82. The first kappa shape index (κ1) is 24.8. The third kappa shape index (κ3) is 5.37. The van der Waals surface area contributed by atoms with Crippen molar-refractivity contribution >= 4 is 35.0 Å². The van der Waals surface area contributed by atoms with Crippen LogP contribution in [0.15, 0.2) is 35.2 Å². The molecule has 4 fully saturated rings. The van der Waals surface area contributed by atoms with Gasteiger partial charge in [-0.3, -0.25) is 9.52 Å². The fourth-order valence-corrected chi connectivity index (χ4v) is 6.41. The number of carbonyl (C=O) groups is 1. The minimum atomic E-state index is -0.932. The van der Waals surface area contributed by atoms with Gasteiger partial charge in [0, 0.05) is 37.6 Å². The molecule has 6 rings (SSSR count). The van der Waals surface area contributed by atoms with Gasteiger partial charge in [-0.05, 0) is 91.6 Å². The number of amides is 1. The molecule has 3 heterocycles. The van der Waals surface area contributed by atoms with Crippen molar-refractivity contribution in [1.29, 1.82) is 0 Å². The molecule has 198 valence electrons. The maximum absolute atomic E-state index is 13.4. The number of aliphatic hydroxyl groups excluding tert-OH is 1. The van der Waals surface area contributed by atoms with E-state index in [1.807, 2.05) is 12.1 Å². The Morgan fingerprint density at radius 2 is 1.92 bits per heavy atom. The van der Waals surface area contributed by atoms with Gasteiger partial charge < -0.3 is 25.0 Å². The van der Waals surface area contributed by atoms with E-state index in [2.05, 4.69) is 30.9 Å². The highest BCUT2D eigenvalue weighted by Gasteiger charge is 2.46. The van der Waals surface area contributed by atoms with Gasteiger partial charge in [0.1, 0.15) is 5.69 Å². The number of nitrogens with one attached hydrogen (secondary N) is 2. The Bertz CT molecular complexity index is 1140. The summed E-state index contributed by atoms with van der Waals surface area (Å²) < 4.78 is 21.4. The number of pyridine rings is 1. The SMILES string of the molecule is O=C(Nc1ccc(SNCCO)cc1N1CCC2(CC1)CC2)c1ccc(OCF)c(N2CC3CC3C2)n1. The Morgan fingerprint density at radius 1 is 1.14 bits per heavy atom. The van der Waals surface area contributed by atoms with Crippen LogP contribution in [0.3, 0.4) is 0 Å². The summed E-state index contributed by atoms with van der Waals surface area (Å²) >= 11 is 1.47. The lowest BCUT2D eigenvalue weighted by Gasteiger charge is -2.35. The zero-order chi connectivity index (χ0) is 25.4. The van der Waals surface area contributed by atoms with Crippen molar-refractivity contribution < 1.29 is 19.0 Å². The summed E-state index contributed by atoms with van der Waals surface area (Å²) in [5.41, 5.74) is 2.58. The number of carbonyl (C=O) groups excluding carboxylic acids is 1. The molecule has 3 N–H and O–H groups in total. The second-order valence-corrected chi connectivity index (χ2v) is 11.7. The van der Waals surface area contributed by atoms with E-state index in [0.29, 0.717) is 35.4 Å². The Labute approximate surface area is 221 Å². The van der Waals surface area contributed by atoms with Crippen molar-refractivity contribution in [3.8, 4) is 5.75 Å². The molecule has 2 aromatic rings.